The lowest BCUT2D eigenvalue weighted by Gasteiger charge is -2.10. The van der Waals surface area contributed by atoms with Crippen LogP contribution in [0.25, 0.3) is 0 Å². The Morgan fingerprint density at radius 3 is 2.32 bits per heavy atom. The molecule has 0 fully saturated rings. The van der Waals surface area contributed by atoms with Gasteiger partial charge in [-0.05, 0) is 43.7 Å². The first-order valence-corrected chi connectivity index (χ1v) is 8.61. The topological polar surface area (TPSA) is 71.1 Å². The van der Waals surface area contributed by atoms with E-state index in [2.05, 4.69) is 15.6 Å². The van der Waals surface area contributed by atoms with Gasteiger partial charge in [0.05, 0.1) is 5.69 Å². The maximum absolute atomic E-state index is 12.4. The zero-order chi connectivity index (χ0) is 17.8. The van der Waals surface area contributed by atoms with E-state index in [0.717, 1.165) is 11.3 Å². The van der Waals surface area contributed by atoms with Crippen molar-refractivity contribution < 1.29 is 9.59 Å². The van der Waals surface area contributed by atoms with Gasteiger partial charge in [-0.3, -0.25) is 14.9 Å². The van der Waals surface area contributed by atoms with Gasteiger partial charge in [0.25, 0.3) is 11.8 Å². The molecule has 0 saturated carbocycles. The van der Waals surface area contributed by atoms with Gasteiger partial charge in [-0.1, -0.05) is 24.3 Å². The van der Waals surface area contributed by atoms with Gasteiger partial charge in [0.15, 0.2) is 5.13 Å². The van der Waals surface area contributed by atoms with Crippen LogP contribution in [0.1, 0.15) is 32.0 Å². The molecule has 0 aliphatic heterocycles. The number of nitrogens with zero attached hydrogens (tertiary/aromatic N) is 1. The first-order valence-electron chi connectivity index (χ1n) is 7.73. The minimum absolute atomic E-state index is 0.211. The Kier molecular flexibility index (Phi) is 4.90. The maximum Gasteiger partial charge on any atom is 0.257 e. The zero-order valence-corrected chi connectivity index (χ0v) is 14.7. The second-order valence-corrected chi connectivity index (χ2v) is 6.46. The number of hydrogen-bond donors (Lipinski definition) is 2. The van der Waals surface area contributed by atoms with Crippen LogP contribution < -0.4 is 10.6 Å². The zero-order valence-electron chi connectivity index (χ0n) is 13.9. The van der Waals surface area contributed by atoms with Crippen LogP contribution in [0.4, 0.5) is 10.8 Å². The highest BCUT2D eigenvalue weighted by atomic mass is 32.1. The number of anilines is 2. The van der Waals surface area contributed by atoms with Crippen LogP contribution in [-0.4, -0.2) is 16.8 Å². The van der Waals surface area contributed by atoms with Gasteiger partial charge < -0.3 is 5.32 Å². The van der Waals surface area contributed by atoms with Crippen LogP contribution in [-0.2, 0) is 0 Å². The number of amides is 2. The highest BCUT2D eigenvalue weighted by molar-refractivity contribution is 7.13. The summed E-state index contributed by atoms with van der Waals surface area (Å²) in [7, 11) is 0. The molecule has 1 heterocycles. The van der Waals surface area contributed by atoms with Crippen molar-refractivity contribution in [1.29, 1.82) is 0 Å². The monoisotopic (exact) mass is 351 g/mol. The van der Waals surface area contributed by atoms with Crippen LogP contribution in [0.5, 0.6) is 0 Å². The summed E-state index contributed by atoms with van der Waals surface area (Å²) < 4.78 is 0. The molecule has 0 atom stereocenters. The molecule has 0 saturated heterocycles. The van der Waals surface area contributed by atoms with Gasteiger partial charge in [-0.15, -0.1) is 11.3 Å². The van der Waals surface area contributed by atoms with E-state index >= 15 is 0 Å². The summed E-state index contributed by atoms with van der Waals surface area (Å²) in [4.78, 5) is 28.9. The molecule has 0 aliphatic carbocycles. The number of hydrogen-bond acceptors (Lipinski definition) is 4. The van der Waals surface area contributed by atoms with E-state index in [1.807, 2.05) is 43.5 Å². The SMILES string of the molecule is Cc1csc(NC(=O)c2ccc(C)c(NC(=O)c3ccccc3)c2)n1. The first kappa shape index (κ1) is 16.9. The molecule has 126 valence electrons. The second-order valence-electron chi connectivity index (χ2n) is 5.60. The molecular weight excluding hydrogens is 334 g/mol. The van der Waals surface area contributed by atoms with Gasteiger partial charge in [-0.25, -0.2) is 4.98 Å². The number of aromatic nitrogens is 1. The number of nitrogens with one attached hydrogen (secondary N) is 2. The summed E-state index contributed by atoms with van der Waals surface area (Å²) in [6.45, 7) is 3.75. The predicted octanol–water partition coefficient (Wildman–Crippen LogP) is 4.26. The van der Waals surface area contributed by atoms with Crippen LogP contribution in [0, 0.1) is 13.8 Å². The Labute approximate surface area is 149 Å². The normalized spacial score (nSPS) is 10.3. The lowest BCUT2D eigenvalue weighted by atomic mass is 10.1. The van der Waals surface area contributed by atoms with E-state index in [1.54, 1.807) is 24.3 Å². The van der Waals surface area contributed by atoms with Crippen molar-refractivity contribution in [1.82, 2.24) is 4.98 Å². The molecule has 0 spiro atoms. The van der Waals surface area contributed by atoms with E-state index in [-0.39, 0.29) is 11.8 Å². The van der Waals surface area contributed by atoms with E-state index in [9.17, 15) is 9.59 Å². The molecule has 25 heavy (non-hydrogen) atoms. The number of thiazole rings is 1. The quantitative estimate of drug-likeness (QED) is 0.737. The van der Waals surface area contributed by atoms with Gasteiger partial charge >= 0.3 is 0 Å². The van der Waals surface area contributed by atoms with E-state index in [0.29, 0.717) is 21.9 Å². The lowest BCUT2D eigenvalue weighted by molar-refractivity contribution is 0.101. The summed E-state index contributed by atoms with van der Waals surface area (Å²) in [5.74, 6) is -0.471. The highest BCUT2D eigenvalue weighted by Crippen LogP contribution is 2.20. The summed E-state index contributed by atoms with van der Waals surface area (Å²) in [5.41, 5.74) is 3.37. The summed E-state index contributed by atoms with van der Waals surface area (Å²) >= 11 is 1.38. The molecule has 0 bridgehead atoms. The van der Waals surface area contributed by atoms with E-state index < -0.39 is 0 Å². The molecule has 2 amide bonds. The smallest absolute Gasteiger partial charge is 0.257 e. The van der Waals surface area contributed by atoms with Gasteiger partial charge in [0.1, 0.15) is 0 Å². The minimum atomic E-state index is -0.260. The van der Waals surface area contributed by atoms with Crippen molar-refractivity contribution in [3.8, 4) is 0 Å². The van der Waals surface area contributed by atoms with Crippen molar-refractivity contribution in [2.24, 2.45) is 0 Å². The number of carbonyl (C=O) groups excluding carboxylic acids is 2. The summed E-state index contributed by atoms with van der Waals surface area (Å²) in [6.07, 6.45) is 0. The lowest BCUT2D eigenvalue weighted by Crippen LogP contribution is -2.15. The third-order valence-corrected chi connectivity index (χ3v) is 4.50. The van der Waals surface area contributed by atoms with Crippen molar-refractivity contribution >= 4 is 34.0 Å². The summed E-state index contributed by atoms with van der Waals surface area (Å²) in [5, 5.41) is 8.05. The molecular formula is C19H17N3O2S. The molecule has 0 aliphatic rings. The number of rotatable bonds is 4. The van der Waals surface area contributed by atoms with Crippen molar-refractivity contribution in [2.45, 2.75) is 13.8 Å². The molecule has 2 aromatic carbocycles. The Bertz CT molecular complexity index is 919. The molecule has 5 nitrogen and oxygen atoms in total. The van der Waals surface area contributed by atoms with Crippen molar-refractivity contribution in [3.63, 3.8) is 0 Å². The molecule has 3 rings (SSSR count). The number of carbonyl (C=O) groups is 2. The third kappa shape index (κ3) is 4.10. The number of aryl methyl sites for hydroxylation is 2. The second kappa shape index (κ2) is 7.27. The Hall–Kier alpha value is -2.99. The third-order valence-electron chi connectivity index (χ3n) is 3.62. The molecule has 0 radical (unpaired) electrons. The Balaban J connectivity index is 1.78. The maximum atomic E-state index is 12.4. The molecule has 6 heteroatoms. The highest BCUT2D eigenvalue weighted by Gasteiger charge is 2.12. The van der Waals surface area contributed by atoms with E-state index in [4.69, 9.17) is 0 Å². The van der Waals surface area contributed by atoms with Crippen LogP contribution in [0.15, 0.2) is 53.9 Å². The number of benzene rings is 2. The van der Waals surface area contributed by atoms with Crippen LogP contribution in [0.3, 0.4) is 0 Å². The first-order chi connectivity index (χ1) is 12.0. The van der Waals surface area contributed by atoms with E-state index in [1.165, 1.54) is 11.3 Å². The van der Waals surface area contributed by atoms with Crippen LogP contribution >= 0.6 is 11.3 Å². The van der Waals surface area contributed by atoms with Crippen molar-refractivity contribution in [2.75, 3.05) is 10.6 Å². The van der Waals surface area contributed by atoms with Gasteiger partial charge in [-0.2, -0.15) is 0 Å². The Morgan fingerprint density at radius 1 is 0.920 bits per heavy atom. The standard InChI is InChI=1S/C19H17N3O2S/c1-12-8-9-15(18(24)22-19-20-13(2)11-25-19)10-16(12)21-17(23)14-6-4-3-5-7-14/h3-11H,1-2H3,(H,21,23)(H,20,22,24). The average molecular weight is 351 g/mol. The Morgan fingerprint density at radius 2 is 1.64 bits per heavy atom. The van der Waals surface area contributed by atoms with Gasteiger partial charge in [0, 0.05) is 22.2 Å². The minimum Gasteiger partial charge on any atom is -0.322 e. The molecule has 1 aromatic heterocycles. The fourth-order valence-electron chi connectivity index (χ4n) is 2.26. The van der Waals surface area contributed by atoms with Gasteiger partial charge in [0.2, 0.25) is 0 Å². The fraction of sp³-hybridized carbons (Fsp3) is 0.105. The fourth-order valence-corrected chi connectivity index (χ4v) is 2.95. The largest absolute Gasteiger partial charge is 0.322 e. The molecule has 3 aromatic rings. The molecule has 2 N–H and O–H groups in total. The van der Waals surface area contributed by atoms with Crippen molar-refractivity contribution in [3.05, 3.63) is 76.3 Å². The average Bonchev–Trinajstić information content (AvgIpc) is 3.02. The predicted molar refractivity (Wildman–Crippen MR) is 100 cm³/mol. The summed E-state index contributed by atoms with van der Waals surface area (Å²) in [6, 6.07) is 14.2. The van der Waals surface area contributed by atoms with Crippen LogP contribution in [0.2, 0.25) is 0 Å². The molecule has 0 unspecified atom stereocenters.